The number of rotatable bonds is 3. The van der Waals surface area contributed by atoms with Gasteiger partial charge in [-0.2, -0.15) is 8.42 Å². The van der Waals surface area contributed by atoms with Crippen LogP contribution < -0.4 is 5.73 Å². The number of hydrogen-bond donors (Lipinski definition) is 1. The van der Waals surface area contributed by atoms with Crippen molar-refractivity contribution in [3.8, 4) is 0 Å². The van der Waals surface area contributed by atoms with E-state index in [0.29, 0.717) is 5.56 Å². The fraction of sp³-hybridized carbons (Fsp3) is 0.300. The fourth-order valence-corrected chi connectivity index (χ4v) is 2.31. The molecule has 0 atom stereocenters. The molecular weight excluding hydrogens is 246 g/mol. The first-order valence-corrected chi connectivity index (χ1v) is 6.14. The number of carbonyl (C=O) groups is 1. The van der Waals surface area contributed by atoms with E-state index in [4.69, 9.17) is 0 Å². The number of hydrogen-bond acceptors (Lipinski definition) is 5. The molecule has 0 aliphatic rings. The minimum absolute atomic E-state index is 0.0538. The van der Waals surface area contributed by atoms with E-state index in [2.05, 4.69) is 15.0 Å². The van der Waals surface area contributed by atoms with Crippen LogP contribution in [0.5, 0.6) is 0 Å². The maximum atomic E-state index is 11.7. The van der Waals surface area contributed by atoms with Crippen molar-refractivity contribution in [1.29, 1.82) is 0 Å². The normalized spacial score (nSPS) is 11.2. The third-order valence-corrected chi connectivity index (χ3v) is 3.71. The number of amides is 1. The van der Waals surface area contributed by atoms with Gasteiger partial charge in [0.25, 0.3) is 0 Å². The van der Waals surface area contributed by atoms with Crippen molar-refractivity contribution >= 4 is 16.2 Å². The average Bonchev–Trinajstić information content (AvgIpc) is 2.23. The predicted octanol–water partition coefficient (Wildman–Crippen LogP) is 1.33. The molecule has 0 radical (unpaired) electrons. The molecule has 0 saturated carbocycles. The van der Waals surface area contributed by atoms with E-state index in [9.17, 15) is 13.2 Å². The molecule has 94 valence electrons. The maximum Gasteiger partial charge on any atom is 0.437 e. The number of aryl methyl sites for hydroxylation is 1. The zero-order valence-corrected chi connectivity index (χ0v) is 10.5. The second-order valence-electron chi connectivity index (χ2n) is 3.56. The molecule has 2 N–H and O–H groups in total. The molecule has 0 spiro atoms. The molecule has 0 heterocycles. The quantitative estimate of drug-likeness (QED) is 0.652. The second-order valence-corrected chi connectivity index (χ2v) is 5.04. The van der Waals surface area contributed by atoms with Gasteiger partial charge in [0.2, 0.25) is 0 Å². The molecule has 0 aliphatic carbocycles. The Kier molecular flexibility index (Phi) is 3.74. The van der Waals surface area contributed by atoms with Crippen molar-refractivity contribution in [3.63, 3.8) is 0 Å². The van der Waals surface area contributed by atoms with Gasteiger partial charge in [0.1, 0.15) is 4.90 Å². The zero-order valence-electron chi connectivity index (χ0n) is 9.68. The summed E-state index contributed by atoms with van der Waals surface area (Å²) in [5, 5.41) is 0. The van der Waals surface area contributed by atoms with Gasteiger partial charge in [0, 0.05) is 0 Å². The van der Waals surface area contributed by atoms with Gasteiger partial charge in [-0.05, 0) is 47.9 Å². The SMILES string of the molecule is Cc1ccc(S(=O)(=O)OOC(N)=O)c(C)c1C. The standard InChI is InChI=1S/C10H13NO5S/c1-6-4-5-9(8(3)7(6)2)17(13,14)16-15-10(11)12/h4-5H,1-3H3,(H2,11,12). The Hall–Kier alpha value is -1.60. The van der Waals surface area contributed by atoms with Crippen LogP contribution in [-0.2, 0) is 19.3 Å². The first-order chi connectivity index (χ1) is 7.75. The number of benzene rings is 1. The van der Waals surface area contributed by atoms with Gasteiger partial charge in [-0.25, -0.2) is 4.79 Å². The Labute approximate surface area is 99.4 Å². The Balaban J connectivity index is 3.16. The highest BCUT2D eigenvalue weighted by Gasteiger charge is 2.22. The Morgan fingerprint density at radius 3 is 2.29 bits per heavy atom. The lowest BCUT2D eigenvalue weighted by Crippen LogP contribution is -2.18. The molecule has 0 aromatic heterocycles. The minimum atomic E-state index is -4.15. The van der Waals surface area contributed by atoms with Crippen molar-refractivity contribution in [2.24, 2.45) is 5.73 Å². The lowest BCUT2D eigenvalue weighted by atomic mass is 10.1. The second kappa shape index (κ2) is 4.72. The summed E-state index contributed by atoms with van der Waals surface area (Å²) in [5.41, 5.74) is 6.94. The molecule has 6 nitrogen and oxygen atoms in total. The Morgan fingerprint density at radius 2 is 1.76 bits per heavy atom. The van der Waals surface area contributed by atoms with E-state index in [0.717, 1.165) is 11.1 Å². The van der Waals surface area contributed by atoms with Crippen LogP contribution >= 0.6 is 0 Å². The number of nitrogens with two attached hydrogens (primary N) is 1. The highest BCUT2D eigenvalue weighted by Crippen LogP contribution is 2.23. The fourth-order valence-electron chi connectivity index (χ4n) is 1.32. The molecule has 0 saturated heterocycles. The lowest BCUT2D eigenvalue weighted by molar-refractivity contribution is -0.132. The van der Waals surface area contributed by atoms with E-state index in [-0.39, 0.29) is 4.90 Å². The van der Waals surface area contributed by atoms with Crippen molar-refractivity contribution in [2.45, 2.75) is 25.7 Å². The molecule has 1 rings (SSSR count). The molecule has 0 bridgehead atoms. The molecule has 1 aromatic rings. The topological polar surface area (TPSA) is 95.7 Å². The van der Waals surface area contributed by atoms with Crippen LogP contribution in [0.4, 0.5) is 4.79 Å². The first-order valence-electron chi connectivity index (χ1n) is 4.73. The third-order valence-electron chi connectivity index (χ3n) is 2.48. The van der Waals surface area contributed by atoms with Gasteiger partial charge < -0.3 is 5.73 Å². The molecule has 17 heavy (non-hydrogen) atoms. The smallest absolute Gasteiger partial charge is 0.333 e. The van der Waals surface area contributed by atoms with E-state index in [1.165, 1.54) is 6.07 Å². The van der Waals surface area contributed by atoms with Crippen LogP contribution in [0.25, 0.3) is 0 Å². The molecule has 0 aliphatic heterocycles. The van der Waals surface area contributed by atoms with Crippen molar-refractivity contribution in [1.82, 2.24) is 0 Å². The summed E-state index contributed by atoms with van der Waals surface area (Å²) >= 11 is 0. The lowest BCUT2D eigenvalue weighted by Gasteiger charge is -2.10. The largest absolute Gasteiger partial charge is 0.437 e. The highest BCUT2D eigenvalue weighted by molar-refractivity contribution is 7.86. The van der Waals surface area contributed by atoms with Gasteiger partial charge in [0.05, 0.1) is 0 Å². The number of primary amides is 1. The summed E-state index contributed by atoms with van der Waals surface area (Å²) in [4.78, 5) is 14.1. The van der Waals surface area contributed by atoms with E-state index in [1.54, 1.807) is 19.9 Å². The monoisotopic (exact) mass is 259 g/mol. The van der Waals surface area contributed by atoms with Crippen LogP contribution in [0.2, 0.25) is 0 Å². The van der Waals surface area contributed by atoms with E-state index >= 15 is 0 Å². The Bertz CT molecular complexity index is 550. The van der Waals surface area contributed by atoms with Crippen LogP contribution in [0.3, 0.4) is 0 Å². The summed E-state index contributed by atoms with van der Waals surface area (Å²) < 4.78 is 27.4. The predicted molar refractivity (Wildman–Crippen MR) is 59.6 cm³/mol. The molecular formula is C10H13NO5S. The first kappa shape index (κ1) is 13.5. The van der Waals surface area contributed by atoms with Crippen LogP contribution in [0, 0.1) is 20.8 Å². The third kappa shape index (κ3) is 2.95. The van der Waals surface area contributed by atoms with Crippen molar-refractivity contribution < 1.29 is 22.4 Å². The maximum absolute atomic E-state index is 11.7. The molecule has 1 aromatic carbocycles. The zero-order chi connectivity index (χ0) is 13.2. The van der Waals surface area contributed by atoms with Crippen LogP contribution in [-0.4, -0.2) is 14.5 Å². The summed E-state index contributed by atoms with van der Waals surface area (Å²) in [6.45, 7) is 5.29. The van der Waals surface area contributed by atoms with Crippen molar-refractivity contribution in [2.75, 3.05) is 0 Å². The van der Waals surface area contributed by atoms with Crippen molar-refractivity contribution in [3.05, 3.63) is 28.8 Å². The van der Waals surface area contributed by atoms with Crippen LogP contribution in [0.1, 0.15) is 16.7 Å². The van der Waals surface area contributed by atoms with Crippen LogP contribution in [0.15, 0.2) is 17.0 Å². The van der Waals surface area contributed by atoms with Gasteiger partial charge in [0.15, 0.2) is 0 Å². The number of carbonyl (C=O) groups excluding carboxylic acids is 1. The average molecular weight is 259 g/mol. The van der Waals surface area contributed by atoms with Gasteiger partial charge in [-0.15, -0.1) is 0 Å². The molecule has 7 heteroatoms. The summed E-state index contributed by atoms with van der Waals surface area (Å²) in [6, 6.07) is 3.03. The molecule has 0 fully saturated rings. The summed E-state index contributed by atoms with van der Waals surface area (Å²) in [7, 11) is -4.15. The summed E-state index contributed by atoms with van der Waals surface area (Å²) in [5.74, 6) is 0. The van der Waals surface area contributed by atoms with E-state index in [1.807, 2.05) is 6.92 Å². The highest BCUT2D eigenvalue weighted by atomic mass is 32.2. The Morgan fingerprint density at radius 1 is 1.18 bits per heavy atom. The summed E-state index contributed by atoms with van der Waals surface area (Å²) in [6.07, 6.45) is -1.32. The van der Waals surface area contributed by atoms with Gasteiger partial charge in [-0.3, -0.25) is 4.89 Å². The van der Waals surface area contributed by atoms with E-state index < -0.39 is 16.2 Å². The molecule has 1 amide bonds. The molecule has 0 unspecified atom stereocenters. The van der Waals surface area contributed by atoms with Gasteiger partial charge >= 0.3 is 16.2 Å². The van der Waals surface area contributed by atoms with Gasteiger partial charge in [-0.1, -0.05) is 6.07 Å². The minimum Gasteiger partial charge on any atom is -0.333 e.